The van der Waals surface area contributed by atoms with Gasteiger partial charge in [0.1, 0.15) is 11.4 Å². The predicted octanol–water partition coefficient (Wildman–Crippen LogP) is 5.94. The third kappa shape index (κ3) is 9.46. The zero-order valence-corrected chi connectivity index (χ0v) is 25.5. The van der Waals surface area contributed by atoms with Gasteiger partial charge in [0.2, 0.25) is 5.90 Å². The molecule has 0 aliphatic carbocycles. The molecule has 43 heavy (non-hydrogen) atoms. The second-order valence-corrected chi connectivity index (χ2v) is 11.4. The number of carbonyl (C=O) groups excluding carboxylic acids is 2. The van der Waals surface area contributed by atoms with Crippen LogP contribution in [-0.4, -0.2) is 53.8 Å². The quantitative estimate of drug-likeness (QED) is 0.0806. The number of rotatable bonds is 16. The SMILES string of the molecule is CCCCCNC(=O)[C@]1(CCC(=O)OC(C)(C)C)N=C(c2ccc(OCCCO)cc2)O[C@@H]1c1ccccc1CN=[N+]=[N-]. The zero-order valence-electron chi connectivity index (χ0n) is 25.5. The fraction of sp³-hybridized carbons (Fsp3) is 0.531. The second-order valence-electron chi connectivity index (χ2n) is 11.4. The second kappa shape index (κ2) is 16.0. The molecular weight excluding hydrogens is 550 g/mol. The van der Waals surface area contributed by atoms with Gasteiger partial charge in [-0.05, 0) is 74.5 Å². The smallest absolute Gasteiger partial charge is 0.306 e. The van der Waals surface area contributed by atoms with E-state index in [1.807, 2.05) is 24.3 Å². The minimum absolute atomic E-state index is 0.0356. The Kier molecular flexibility index (Phi) is 12.4. The van der Waals surface area contributed by atoms with Crippen molar-refractivity contribution in [3.8, 4) is 5.75 Å². The Bertz CT molecular complexity index is 1300. The number of amides is 1. The van der Waals surface area contributed by atoms with Crippen molar-refractivity contribution in [3.63, 3.8) is 0 Å². The average Bonchev–Trinajstić information content (AvgIpc) is 3.37. The van der Waals surface area contributed by atoms with Crippen LogP contribution in [0, 0.1) is 0 Å². The molecule has 0 spiro atoms. The summed E-state index contributed by atoms with van der Waals surface area (Å²) in [6, 6.07) is 14.4. The highest BCUT2D eigenvalue weighted by molar-refractivity contribution is 6.01. The van der Waals surface area contributed by atoms with Crippen molar-refractivity contribution >= 4 is 17.8 Å². The van der Waals surface area contributed by atoms with Gasteiger partial charge in [0.05, 0.1) is 13.2 Å². The summed E-state index contributed by atoms with van der Waals surface area (Å²) in [6.07, 6.45) is 2.35. The van der Waals surface area contributed by atoms with Crippen LogP contribution in [0.1, 0.15) is 89.0 Å². The molecule has 11 nitrogen and oxygen atoms in total. The Balaban J connectivity index is 2.07. The number of ether oxygens (including phenoxy) is 3. The number of nitrogens with zero attached hydrogens (tertiary/aromatic N) is 4. The molecule has 0 radical (unpaired) electrons. The number of hydrogen-bond donors (Lipinski definition) is 2. The molecule has 1 aliphatic heterocycles. The first-order valence-electron chi connectivity index (χ1n) is 14.8. The summed E-state index contributed by atoms with van der Waals surface area (Å²) in [7, 11) is 0. The lowest BCUT2D eigenvalue weighted by Crippen LogP contribution is -2.49. The Morgan fingerprint density at radius 2 is 1.88 bits per heavy atom. The van der Waals surface area contributed by atoms with E-state index < -0.39 is 23.2 Å². The molecular formula is C32H43N5O6. The molecule has 0 bridgehead atoms. The van der Waals surface area contributed by atoms with Gasteiger partial charge in [0, 0.05) is 36.5 Å². The molecule has 0 aromatic heterocycles. The van der Waals surface area contributed by atoms with Crippen LogP contribution < -0.4 is 10.1 Å². The molecule has 232 valence electrons. The summed E-state index contributed by atoms with van der Waals surface area (Å²) >= 11 is 0. The molecule has 0 saturated carbocycles. The number of azide groups is 1. The summed E-state index contributed by atoms with van der Waals surface area (Å²) in [5, 5.41) is 15.8. The van der Waals surface area contributed by atoms with E-state index in [0.29, 0.717) is 42.0 Å². The van der Waals surface area contributed by atoms with Gasteiger partial charge in [-0.3, -0.25) is 9.59 Å². The molecule has 11 heteroatoms. The Morgan fingerprint density at radius 1 is 1.14 bits per heavy atom. The third-order valence-electron chi connectivity index (χ3n) is 6.87. The van der Waals surface area contributed by atoms with Crippen molar-refractivity contribution in [2.24, 2.45) is 10.1 Å². The number of esters is 1. The van der Waals surface area contributed by atoms with E-state index in [1.54, 1.807) is 45.0 Å². The lowest BCUT2D eigenvalue weighted by atomic mass is 9.81. The van der Waals surface area contributed by atoms with Crippen LogP contribution in [0.2, 0.25) is 0 Å². The van der Waals surface area contributed by atoms with Crippen molar-refractivity contribution in [3.05, 3.63) is 75.7 Å². The summed E-state index contributed by atoms with van der Waals surface area (Å²) in [5.74, 6) is 0.0739. The molecule has 3 rings (SSSR count). The lowest BCUT2D eigenvalue weighted by Gasteiger charge is -2.32. The fourth-order valence-electron chi connectivity index (χ4n) is 4.80. The van der Waals surface area contributed by atoms with Gasteiger partial charge in [0.25, 0.3) is 5.91 Å². The number of carbonyl (C=O) groups is 2. The number of aliphatic hydroxyl groups excluding tert-OH is 1. The lowest BCUT2D eigenvalue weighted by molar-refractivity contribution is -0.155. The number of aliphatic hydroxyl groups is 1. The number of unbranched alkanes of at least 4 members (excludes halogenated alkanes) is 2. The normalized spacial score (nSPS) is 17.8. The summed E-state index contributed by atoms with van der Waals surface area (Å²) in [6.45, 7) is 8.40. The van der Waals surface area contributed by atoms with Crippen molar-refractivity contribution in [1.82, 2.24) is 5.32 Å². The molecule has 2 atom stereocenters. The van der Waals surface area contributed by atoms with Crippen LogP contribution in [-0.2, 0) is 25.6 Å². The van der Waals surface area contributed by atoms with Crippen LogP contribution in [0.3, 0.4) is 0 Å². The van der Waals surface area contributed by atoms with E-state index in [1.165, 1.54) is 0 Å². The van der Waals surface area contributed by atoms with Crippen molar-refractivity contribution < 1.29 is 28.9 Å². The van der Waals surface area contributed by atoms with Crippen molar-refractivity contribution in [2.45, 2.75) is 90.0 Å². The first kappa shape index (κ1) is 33.4. The van der Waals surface area contributed by atoms with Crippen LogP contribution in [0.25, 0.3) is 10.4 Å². The molecule has 2 aromatic rings. The highest BCUT2D eigenvalue weighted by Crippen LogP contribution is 2.44. The Labute approximate surface area is 253 Å². The van der Waals surface area contributed by atoms with Crippen LogP contribution in [0.5, 0.6) is 5.75 Å². The predicted molar refractivity (Wildman–Crippen MR) is 164 cm³/mol. The summed E-state index contributed by atoms with van der Waals surface area (Å²) < 4.78 is 17.8. The topological polar surface area (TPSA) is 155 Å². The Morgan fingerprint density at radius 3 is 2.56 bits per heavy atom. The van der Waals surface area contributed by atoms with Crippen molar-refractivity contribution in [2.75, 3.05) is 19.8 Å². The van der Waals surface area contributed by atoms with E-state index >= 15 is 0 Å². The largest absolute Gasteiger partial charge is 0.494 e. The fourth-order valence-corrected chi connectivity index (χ4v) is 4.80. The first-order chi connectivity index (χ1) is 20.6. The standard InChI is InChI=1S/C32H43N5O6/c1-5-6-9-19-34-30(40)32(18-17-27(39)43-31(2,3)4)28(26-12-8-7-11-24(26)22-35-37-33)42-29(36-32)23-13-15-25(16-14-23)41-21-10-20-38/h7-8,11-16,28,38H,5-6,9-10,17-22H2,1-4H3,(H,34,40)/t28-,32-/m1/s1. The van der Waals surface area contributed by atoms with Crippen LogP contribution in [0.15, 0.2) is 58.6 Å². The molecule has 0 unspecified atom stereocenters. The molecule has 2 N–H and O–H groups in total. The summed E-state index contributed by atoms with van der Waals surface area (Å²) in [4.78, 5) is 34.9. The maximum Gasteiger partial charge on any atom is 0.306 e. The van der Waals surface area contributed by atoms with E-state index in [9.17, 15) is 9.59 Å². The number of aliphatic imine (C=N–C) groups is 1. The Hall–Kier alpha value is -4.08. The number of nitrogens with one attached hydrogen (secondary N) is 1. The number of hydrogen-bond acceptors (Lipinski definition) is 8. The van der Waals surface area contributed by atoms with Gasteiger partial charge in [-0.25, -0.2) is 4.99 Å². The maximum absolute atomic E-state index is 14.1. The third-order valence-corrected chi connectivity index (χ3v) is 6.87. The number of benzene rings is 2. The average molecular weight is 594 g/mol. The van der Waals surface area contributed by atoms with Crippen LogP contribution >= 0.6 is 0 Å². The molecule has 1 amide bonds. The van der Waals surface area contributed by atoms with E-state index in [4.69, 9.17) is 29.8 Å². The van der Waals surface area contributed by atoms with Crippen molar-refractivity contribution in [1.29, 1.82) is 0 Å². The van der Waals surface area contributed by atoms with E-state index in [2.05, 4.69) is 22.3 Å². The van der Waals surface area contributed by atoms with Crippen LogP contribution in [0.4, 0.5) is 0 Å². The molecule has 1 heterocycles. The first-order valence-corrected chi connectivity index (χ1v) is 14.8. The van der Waals surface area contributed by atoms with Gasteiger partial charge in [-0.15, -0.1) is 0 Å². The molecule has 2 aromatic carbocycles. The molecule has 0 saturated heterocycles. The maximum atomic E-state index is 14.1. The molecule has 0 fully saturated rings. The van der Waals surface area contributed by atoms with Gasteiger partial charge < -0.3 is 24.6 Å². The van der Waals surface area contributed by atoms with Gasteiger partial charge in [0.15, 0.2) is 11.6 Å². The van der Waals surface area contributed by atoms with Gasteiger partial charge in [-0.2, -0.15) is 0 Å². The minimum Gasteiger partial charge on any atom is -0.494 e. The van der Waals surface area contributed by atoms with E-state index in [0.717, 1.165) is 19.3 Å². The zero-order chi connectivity index (χ0) is 31.3. The van der Waals surface area contributed by atoms with Gasteiger partial charge >= 0.3 is 5.97 Å². The highest BCUT2D eigenvalue weighted by atomic mass is 16.6. The van der Waals surface area contributed by atoms with E-state index in [-0.39, 0.29) is 37.8 Å². The minimum atomic E-state index is -1.50. The summed E-state index contributed by atoms with van der Waals surface area (Å²) in [5.41, 5.74) is 8.78. The molecule has 1 aliphatic rings. The monoisotopic (exact) mass is 593 g/mol. The highest BCUT2D eigenvalue weighted by Gasteiger charge is 2.53. The van der Waals surface area contributed by atoms with Gasteiger partial charge in [-0.1, -0.05) is 49.1 Å².